The summed E-state index contributed by atoms with van der Waals surface area (Å²) in [6.07, 6.45) is 1.77. The zero-order chi connectivity index (χ0) is 74.7. The van der Waals surface area contributed by atoms with Gasteiger partial charge in [0.1, 0.15) is 53.0 Å². The number of hydrogen-bond donors (Lipinski definition) is 9. The number of carbonyl (C=O) groups excluding carboxylic acids is 6. The molecule has 4 aromatic carbocycles. The van der Waals surface area contributed by atoms with Gasteiger partial charge in [-0.2, -0.15) is 4.79 Å². The molecule has 0 unspecified atom stereocenters. The Morgan fingerprint density at radius 3 is 1.54 bits per heavy atom. The summed E-state index contributed by atoms with van der Waals surface area (Å²) in [7, 11) is -8.54. The Kier molecular flexibility index (Phi) is 26.0. The molecule has 11 N–H and O–H groups in total. The highest BCUT2D eigenvalue weighted by Crippen LogP contribution is 2.46. The molecule has 27 nitrogen and oxygen atoms in total. The molecule has 101 heavy (non-hydrogen) atoms. The molecule has 550 valence electrons. The molecule has 2 aliphatic heterocycles. The van der Waals surface area contributed by atoms with Gasteiger partial charge in [-0.1, -0.05) is 62.4 Å². The molecule has 0 saturated heterocycles. The Labute approximate surface area is 593 Å². The van der Waals surface area contributed by atoms with Crippen molar-refractivity contribution < 1.29 is 69.3 Å². The molecule has 29 heteroatoms. The number of guanidine groups is 2. The highest BCUT2D eigenvalue weighted by atomic mass is 32.2. The number of ether oxygens (including phenoxy) is 4. The van der Waals surface area contributed by atoms with Crippen molar-refractivity contribution in [3.05, 3.63) is 110 Å². The minimum absolute atomic E-state index is 0.0320. The normalized spacial score (nSPS) is 16.0. The Morgan fingerprint density at radius 2 is 1.07 bits per heavy atom. The molecule has 5 amide bonds. The van der Waals surface area contributed by atoms with Crippen LogP contribution in [0.3, 0.4) is 0 Å². The van der Waals surface area contributed by atoms with Crippen LogP contribution in [0.2, 0.25) is 0 Å². The Hall–Kier alpha value is -9.08. The van der Waals surface area contributed by atoms with Crippen LogP contribution in [0, 0.1) is 47.5 Å². The van der Waals surface area contributed by atoms with Crippen LogP contribution >= 0.6 is 0 Å². The van der Waals surface area contributed by atoms with E-state index in [1.54, 1.807) is 69.2 Å². The van der Waals surface area contributed by atoms with Crippen molar-refractivity contribution in [2.75, 3.05) is 26.2 Å². The topological polar surface area (TPSA) is 405 Å². The van der Waals surface area contributed by atoms with Crippen molar-refractivity contribution in [2.24, 2.45) is 27.4 Å². The fourth-order valence-corrected chi connectivity index (χ4v) is 16.0. The first-order valence-electron chi connectivity index (χ1n) is 34.3. The van der Waals surface area contributed by atoms with Crippen molar-refractivity contribution >= 4 is 73.9 Å². The van der Waals surface area contributed by atoms with E-state index >= 15 is 0 Å². The molecule has 1 aliphatic carbocycles. The summed E-state index contributed by atoms with van der Waals surface area (Å²) in [5.74, 6) is -3.89. The van der Waals surface area contributed by atoms with E-state index in [0.29, 0.717) is 76.8 Å². The maximum atomic E-state index is 14.7. The summed E-state index contributed by atoms with van der Waals surface area (Å²) in [6.45, 7) is 26.6. The number of alkyl carbamates (subject to hydrolysis) is 2. The van der Waals surface area contributed by atoms with Crippen molar-refractivity contribution in [1.29, 1.82) is 0 Å². The van der Waals surface area contributed by atoms with Gasteiger partial charge in [0.15, 0.2) is 0 Å². The second-order valence-corrected chi connectivity index (χ2v) is 32.0. The number of rotatable bonds is 29. The number of aliphatic imine (C=N–C) groups is 2. The van der Waals surface area contributed by atoms with Gasteiger partial charge in [0.25, 0.3) is 25.8 Å². The summed E-state index contributed by atoms with van der Waals surface area (Å²) in [5.41, 5.74) is 29.1. The van der Waals surface area contributed by atoms with Crippen molar-refractivity contribution in [3.8, 4) is 22.6 Å². The Bertz CT molecular complexity index is 4110. The maximum absolute atomic E-state index is 14.7. The van der Waals surface area contributed by atoms with Gasteiger partial charge in [0.05, 0.1) is 15.8 Å². The summed E-state index contributed by atoms with van der Waals surface area (Å²) in [6, 6.07) is 9.98. The van der Waals surface area contributed by atoms with E-state index in [1.165, 1.54) is 0 Å². The number of carbonyl (C=O) groups is 6. The Balaban J connectivity index is 1.07. The van der Waals surface area contributed by atoms with Gasteiger partial charge in [-0.05, 0) is 233 Å². The third-order valence-electron chi connectivity index (χ3n) is 18.5. The van der Waals surface area contributed by atoms with Crippen LogP contribution in [0.5, 0.6) is 11.5 Å². The Morgan fingerprint density at radius 1 is 0.624 bits per heavy atom. The SMILES string of the molecule is Cc1c(C)c(S(=O)(=O)NC(N)=NCCC[C@H](NC(=O)[C@H](CCCCNC(=O)OC(C)(C)C)NC(=O)[C@@H](NC(=O)[C@H](CCCN=C(N)NS(=O)(=O)c2c(C)c(C)c3c(c2C)CCC(C)(C)O3)NC(=O)OCC2c3ccccc3-c3ccccc32)C(C)C)C(=O)C=[N+]=[N-])c(C)c2c1OC(C)(C)CC2. The minimum atomic E-state index is -4.28. The molecular formula is C72H101N13O14S2. The molecule has 0 bridgehead atoms. The predicted octanol–water partition coefficient (Wildman–Crippen LogP) is 7.77. The lowest BCUT2D eigenvalue weighted by molar-refractivity contribution is -0.134. The number of unbranched alkanes of at least 4 members (excludes halogenated alkanes) is 1. The van der Waals surface area contributed by atoms with Crippen molar-refractivity contribution in [2.45, 2.75) is 231 Å². The number of Topliss-reactive ketones (excluding diaryl/α,β-unsaturated/α-hetero) is 1. The van der Waals surface area contributed by atoms with Crippen LogP contribution < -0.4 is 57.0 Å². The van der Waals surface area contributed by atoms with Crippen LogP contribution in [0.25, 0.3) is 16.7 Å². The van der Waals surface area contributed by atoms with Gasteiger partial charge in [-0.3, -0.25) is 29.2 Å². The number of sulfonamides is 2. The first-order chi connectivity index (χ1) is 47.3. The van der Waals surface area contributed by atoms with E-state index < -0.39 is 115 Å². The highest BCUT2D eigenvalue weighted by molar-refractivity contribution is 7.90. The van der Waals surface area contributed by atoms with Gasteiger partial charge < -0.3 is 62.5 Å². The van der Waals surface area contributed by atoms with Gasteiger partial charge >= 0.3 is 18.4 Å². The third-order valence-corrected chi connectivity index (χ3v) is 21.7. The molecule has 4 aromatic rings. The molecule has 3 aliphatic rings. The van der Waals surface area contributed by atoms with Crippen molar-refractivity contribution in [1.82, 2.24) is 36.0 Å². The molecular weight excluding hydrogens is 1340 g/mol. The van der Waals surface area contributed by atoms with Crippen LogP contribution in [0.15, 0.2) is 68.3 Å². The average molecular weight is 1440 g/mol. The third kappa shape index (κ3) is 20.4. The number of nitrogens with one attached hydrogen (secondary N) is 7. The molecule has 0 radical (unpaired) electrons. The quantitative estimate of drug-likeness (QED) is 0.00823. The van der Waals surface area contributed by atoms with Crippen LogP contribution in [0.4, 0.5) is 9.59 Å². The molecule has 0 aromatic heterocycles. The van der Waals surface area contributed by atoms with E-state index in [1.807, 2.05) is 83.1 Å². The number of hydrogen-bond acceptors (Lipinski definition) is 16. The lowest BCUT2D eigenvalue weighted by atomic mass is 9.88. The fourth-order valence-electron chi connectivity index (χ4n) is 13.0. The second-order valence-electron chi connectivity index (χ2n) is 28.7. The minimum Gasteiger partial charge on any atom is -0.487 e. The number of fused-ring (bicyclic) bond motifs is 5. The molecule has 2 heterocycles. The largest absolute Gasteiger partial charge is 0.487 e. The standard InChI is InChI=1S/C72H101N13O14S2/c1-40(2)58(65(89)81-55(28-20-21-35-78-68(90)99-70(9,10)11)63(87)80-54(57(86)38-79-75)29-22-36-76-66(73)84-100(92,93)61-43(5)41(3)59-47(45(61)7)31-33-71(12,13)97-59)83-64(88)56(82-69(91)96-39-53-51-26-18-16-24-49(51)50-25-17-19-27-52(50)53)30-23-37-77-67(74)85-101(94,95)62-44(6)42(4)60-48(46(62)8)32-34-72(14,15)98-60/h16-19,24-27,38,40,53-56,58H,20-23,28-37,39H2,1-15H3,(H,78,90)(H,80,87)(H,81,89)(H,82,91)(H,83,88)(H3,73,76,84)(H3,74,77,85)/t54-,55-,56-,58-/m0/s1. The van der Waals surface area contributed by atoms with Gasteiger partial charge in [-0.15, -0.1) is 0 Å². The average Bonchev–Trinajstić information content (AvgIpc) is 1.69. The van der Waals surface area contributed by atoms with E-state index in [0.717, 1.165) is 33.4 Å². The summed E-state index contributed by atoms with van der Waals surface area (Å²) < 4.78 is 84.6. The summed E-state index contributed by atoms with van der Waals surface area (Å²) >= 11 is 0. The van der Waals surface area contributed by atoms with Gasteiger partial charge in [-0.25, -0.2) is 35.9 Å². The first kappa shape index (κ1) is 79.2. The number of nitrogens with zero attached hydrogens (tertiary/aromatic N) is 4. The number of amides is 5. The highest BCUT2D eigenvalue weighted by Gasteiger charge is 2.38. The molecule has 0 saturated carbocycles. The van der Waals surface area contributed by atoms with Gasteiger partial charge in [0, 0.05) is 25.6 Å². The van der Waals surface area contributed by atoms with Crippen LogP contribution in [0.1, 0.15) is 182 Å². The van der Waals surface area contributed by atoms with E-state index in [2.05, 4.69) is 50.8 Å². The molecule has 0 spiro atoms. The summed E-state index contributed by atoms with van der Waals surface area (Å²) in [4.78, 5) is 95.4. The second kappa shape index (κ2) is 33.1. The number of nitrogens with two attached hydrogens (primary N) is 2. The first-order valence-corrected chi connectivity index (χ1v) is 37.2. The van der Waals surface area contributed by atoms with E-state index in [-0.39, 0.29) is 86.9 Å². The predicted molar refractivity (Wildman–Crippen MR) is 385 cm³/mol. The summed E-state index contributed by atoms with van der Waals surface area (Å²) in [5, 5.41) is 13.5. The molecule has 4 atom stereocenters. The lowest BCUT2D eigenvalue weighted by Crippen LogP contribution is -2.59. The van der Waals surface area contributed by atoms with Gasteiger partial charge in [0.2, 0.25) is 29.6 Å². The van der Waals surface area contributed by atoms with Crippen LogP contribution in [-0.2, 0) is 61.5 Å². The van der Waals surface area contributed by atoms with E-state index in [9.17, 15) is 51.1 Å². The maximum Gasteiger partial charge on any atom is 0.407 e. The van der Waals surface area contributed by atoms with Crippen molar-refractivity contribution in [3.63, 3.8) is 0 Å². The lowest BCUT2D eigenvalue weighted by Gasteiger charge is -2.35. The fraction of sp³-hybridized carbons (Fsp3) is 0.542. The molecule has 7 rings (SSSR count). The smallest absolute Gasteiger partial charge is 0.407 e. The number of benzene rings is 4. The monoisotopic (exact) mass is 1440 g/mol. The number of ketones is 1. The zero-order valence-corrected chi connectivity index (χ0v) is 62.4. The van der Waals surface area contributed by atoms with Crippen LogP contribution in [-0.4, -0.2) is 143 Å². The van der Waals surface area contributed by atoms with E-state index in [4.69, 9.17) is 30.4 Å². The zero-order valence-electron chi connectivity index (χ0n) is 60.7. The molecule has 0 fully saturated rings.